The molecule has 0 aromatic carbocycles. The maximum Gasteiger partial charge on any atom is 0.407 e. The fourth-order valence-corrected chi connectivity index (χ4v) is 2.04. The van der Waals surface area contributed by atoms with Crippen molar-refractivity contribution in [3.05, 3.63) is 0 Å². The van der Waals surface area contributed by atoms with E-state index < -0.39 is 11.7 Å². The summed E-state index contributed by atoms with van der Waals surface area (Å²) < 4.78 is 17.9. The van der Waals surface area contributed by atoms with E-state index in [1.165, 1.54) is 0 Å². The molecular weight excluding hydrogens is 209 g/mol. The molecule has 1 amide bonds. The number of amides is 1. The minimum Gasteiger partial charge on any atom is -0.444 e. The number of rotatable bonds is 2. The van der Waals surface area contributed by atoms with Gasteiger partial charge in [0.05, 0.1) is 6.67 Å². The van der Waals surface area contributed by atoms with Crippen LogP contribution in [0.15, 0.2) is 0 Å². The zero-order valence-corrected chi connectivity index (χ0v) is 10.4. The maximum atomic E-state index is 12.7. The van der Waals surface area contributed by atoms with Gasteiger partial charge in [0, 0.05) is 12.0 Å². The largest absolute Gasteiger partial charge is 0.444 e. The van der Waals surface area contributed by atoms with Gasteiger partial charge in [0.1, 0.15) is 5.60 Å². The molecule has 0 radical (unpaired) electrons. The molecule has 1 saturated carbocycles. The topological polar surface area (TPSA) is 38.3 Å². The van der Waals surface area contributed by atoms with Gasteiger partial charge in [0.25, 0.3) is 0 Å². The molecule has 1 rings (SSSR count). The summed E-state index contributed by atoms with van der Waals surface area (Å²) in [6.45, 7) is 5.10. The van der Waals surface area contributed by atoms with Crippen LogP contribution < -0.4 is 5.32 Å². The first-order valence-corrected chi connectivity index (χ1v) is 5.98. The lowest BCUT2D eigenvalue weighted by Crippen LogP contribution is -2.45. The van der Waals surface area contributed by atoms with E-state index in [0.29, 0.717) is 0 Å². The third-order valence-corrected chi connectivity index (χ3v) is 2.81. The summed E-state index contributed by atoms with van der Waals surface area (Å²) in [7, 11) is 0. The fourth-order valence-electron chi connectivity index (χ4n) is 2.04. The highest BCUT2D eigenvalue weighted by Gasteiger charge is 2.28. The predicted molar refractivity (Wildman–Crippen MR) is 61.1 cm³/mol. The summed E-state index contributed by atoms with van der Waals surface area (Å²) >= 11 is 0. The van der Waals surface area contributed by atoms with E-state index in [-0.39, 0.29) is 18.6 Å². The molecule has 2 atom stereocenters. The number of nitrogens with one attached hydrogen (secondary N) is 1. The molecule has 1 aliphatic rings. The van der Waals surface area contributed by atoms with E-state index in [1.807, 2.05) is 20.8 Å². The van der Waals surface area contributed by atoms with Crippen LogP contribution in [-0.4, -0.2) is 24.4 Å². The quantitative estimate of drug-likeness (QED) is 0.793. The molecule has 0 spiro atoms. The van der Waals surface area contributed by atoms with Gasteiger partial charge in [0.15, 0.2) is 0 Å². The Morgan fingerprint density at radius 1 is 1.38 bits per heavy atom. The third-order valence-electron chi connectivity index (χ3n) is 2.81. The molecule has 1 aliphatic carbocycles. The Kier molecular flexibility index (Phi) is 4.56. The first kappa shape index (κ1) is 13.3. The number of alkyl carbamates (subject to hydrolysis) is 1. The van der Waals surface area contributed by atoms with Crippen LogP contribution in [0.4, 0.5) is 9.18 Å². The first-order valence-electron chi connectivity index (χ1n) is 5.98. The van der Waals surface area contributed by atoms with E-state index in [2.05, 4.69) is 5.32 Å². The molecule has 0 unspecified atom stereocenters. The Bertz CT molecular complexity index is 238. The number of hydrogen-bond donors (Lipinski definition) is 1. The Morgan fingerprint density at radius 2 is 2.00 bits per heavy atom. The summed E-state index contributed by atoms with van der Waals surface area (Å²) in [4.78, 5) is 11.5. The Morgan fingerprint density at radius 3 is 2.56 bits per heavy atom. The van der Waals surface area contributed by atoms with Crippen LogP contribution in [0.2, 0.25) is 0 Å². The first-order chi connectivity index (χ1) is 7.42. The highest BCUT2D eigenvalue weighted by Crippen LogP contribution is 2.25. The molecule has 1 N–H and O–H groups in total. The average Bonchev–Trinajstić information content (AvgIpc) is 2.15. The lowest BCUT2D eigenvalue weighted by atomic mass is 9.85. The van der Waals surface area contributed by atoms with Crippen molar-refractivity contribution in [2.75, 3.05) is 6.67 Å². The average molecular weight is 231 g/mol. The van der Waals surface area contributed by atoms with Crippen LogP contribution in [0.1, 0.15) is 46.5 Å². The number of carbonyl (C=O) groups excluding carboxylic acids is 1. The van der Waals surface area contributed by atoms with Gasteiger partial charge in [-0.3, -0.25) is 4.39 Å². The second-order valence-electron chi connectivity index (χ2n) is 5.45. The van der Waals surface area contributed by atoms with Crippen LogP contribution >= 0.6 is 0 Å². The third kappa shape index (κ3) is 4.37. The second-order valence-corrected chi connectivity index (χ2v) is 5.45. The monoisotopic (exact) mass is 231 g/mol. The molecule has 16 heavy (non-hydrogen) atoms. The number of alkyl halides is 1. The minimum absolute atomic E-state index is 0.0405. The molecule has 1 fully saturated rings. The summed E-state index contributed by atoms with van der Waals surface area (Å²) in [5, 5.41) is 2.78. The smallest absolute Gasteiger partial charge is 0.407 e. The van der Waals surface area contributed by atoms with Gasteiger partial charge in [-0.1, -0.05) is 12.8 Å². The van der Waals surface area contributed by atoms with Gasteiger partial charge in [-0.2, -0.15) is 0 Å². The van der Waals surface area contributed by atoms with Crippen molar-refractivity contribution in [2.24, 2.45) is 5.92 Å². The van der Waals surface area contributed by atoms with Gasteiger partial charge in [-0.05, 0) is 33.6 Å². The number of ether oxygens (including phenoxy) is 1. The number of halogens is 1. The van der Waals surface area contributed by atoms with Crippen molar-refractivity contribution in [2.45, 2.75) is 58.1 Å². The van der Waals surface area contributed by atoms with E-state index in [9.17, 15) is 9.18 Å². The number of hydrogen-bond acceptors (Lipinski definition) is 2. The van der Waals surface area contributed by atoms with Crippen LogP contribution in [0.5, 0.6) is 0 Å². The van der Waals surface area contributed by atoms with Crippen molar-refractivity contribution >= 4 is 6.09 Å². The SMILES string of the molecule is CC(C)(C)OC(=O)N[C@H]1CCCC[C@@H]1CF. The molecular formula is C12H22FNO2. The molecule has 0 bridgehead atoms. The van der Waals surface area contributed by atoms with Gasteiger partial charge >= 0.3 is 6.09 Å². The standard InChI is InChI=1S/C12H22FNO2/c1-12(2,3)16-11(15)14-10-7-5-4-6-9(10)8-13/h9-10H,4-8H2,1-3H3,(H,14,15)/t9-,10+/m1/s1. The molecule has 4 heteroatoms. The molecule has 0 saturated heterocycles. The van der Waals surface area contributed by atoms with Gasteiger partial charge in [0.2, 0.25) is 0 Å². The summed E-state index contributed by atoms with van der Waals surface area (Å²) in [5.41, 5.74) is -0.496. The minimum atomic E-state index is -0.496. The zero-order chi connectivity index (χ0) is 12.2. The van der Waals surface area contributed by atoms with Crippen LogP contribution in [0.25, 0.3) is 0 Å². The molecule has 0 aromatic heterocycles. The van der Waals surface area contributed by atoms with E-state index >= 15 is 0 Å². The van der Waals surface area contributed by atoms with Gasteiger partial charge in [-0.15, -0.1) is 0 Å². The van der Waals surface area contributed by atoms with Gasteiger partial charge in [-0.25, -0.2) is 4.79 Å². The van der Waals surface area contributed by atoms with Crippen molar-refractivity contribution in [1.82, 2.24) is 5.32 Å². The molecule has 0 aliphatic heterocycles. The lowest BCUT2D eigenvalue weighted by molar-refractivity contribution is 0.0461. The van der Waals surface area contributed by atoms with Crippen molar-refractivity contribution < 1.29 is 13.9 Å². The Balaban J connectivity index is 2.42. The normalized spacial score (nSPS) is 26.2. The van der Waals surface area contributed by atoms with E-state index in [0.717, 1.165) is 25.7 Å². The molecule has 0 aromatic rings. The van der Waals surface area contributed by atoms with Crippen molar-refractivity contribution in [1.29, 1.82) is 0 Å². The summed E-state index contributed by atoms with van der Waals surface area (Å²) in [6, 6.07) is -0.0615. The van der Waals surface area contributed by atoms with Crippen molar-refractivity contribution in [3.63, 3.8) is 0 Å². The van der Waals surface area contributed by atoms with Crippen LogP contribution in [-0.2, 0) is 4.74 Å². The van der Waals surface area contributed by atoms with Crippen LogP contribution in [0, 0.1) is 5.92 Å². The fraction of sp³-hybridized carbons (Fsp3) is 0.917. The zero-order valence-electron chi connectivity index (χ0n) is 10.4. The maximum absolute atomic E-state index is 12.7. The summed E-state index contributed by atoms with van der Waals surface area (Å²) in [5.74, 6) is -0.0405. The molecule has 0 heterocycles. The molecule has 94 valence electrons. The van der Waals surface area contributed by atoms with E-state index in [1.54, 1.807) is 0 Å². The highest BCUT2D eigenvalue weighted by atomic mass is 19.1. The van der Waals surface area contributed by atoms with Crippen molar-refractivity contribution in [3.8, 4) is 0 Å². The van der Waals surface area contributed by atoms with E-state index in [4.69, 9.17) is 4.74 Å². The van der Waals surface area contributed by atoms with Crippen LogP contribution in [0.3, 0.4) is 0 Å². The highest BCUT2D eigenvalue weighted by molar-refractivity contribution is 5.68. The Labute approximate surface area is 96.7 Å². The molecule has 3 nitrogen and oxygen atoms in total. The summed E-state index contributed by atoms with van der Waals surface area (Å²) in [6.07, 6.45) is 3.39. The Hall–Kier alpha value is -0.800. The second kappa shape index (κ2) is 5.51. The predicted octanol–water partition coefficient (Wildman–Crippen LogP) is 3.04. The lowest BCUT2D eigenvalue weighted by Gasteiger charge is -2.31. The van der Waals surface area contributed by atoms with Gasteiger partial charge < -0.3 is 10.1 Å². The number of carbonyl (C=O) groups is 1.